The molecule has 0 aliphatic rings. The van der Waals surface area contributed by atoms with Gasteiger partial charge in [-0.1, -0.05) is 0 Å². The van der Waals surface area contributed by atoms with Crippen LogP contribution < -0.4 is 4.74 Å². The summed E-state index contributed by atoms with van der Waals surface area (Å²) in [6.45, 7) is -2.56. The highest BCUT2D eigenvalue weighted by Gasteiger charge is 2.11. The molecule has 0 saturated carbocycles. The molecular weight excluding hydrogens is 341 g/mol. The van der Waals surface area contributed by atoms with Crippen LogP contribution in [0.2, 0.25) is 0 Å². The van der Waals surface area contributed by atoms with E-state index in [1.54, 1.807) is 12.1 Å². The monoisotopic (exact) mass is 350 g/mol. The largest absolute Gasteiger partial charge is 0.486 e. The quantitative estimate of drug-likeness (QED) is 0.790. The number of aromatic nitrogens is 2. The van der Waals surface area contributed by atoms with Crippen LogP contribution in [0.25, 0.3) is 0 Å². The molecule has 0 bridgehead atoms. The molecule has 0 fully saturated rings. The van der Waals surface area contributed by atoms with Crippen molar-refractivity contribution in [2.24, 2.45) is 0 Å². The summed E-state index contributed by atoms with van der Waals surface area (Å²) in [6.07, 6.45) is 2.57. The Hall–Kier alpha value is -1.18. The molecule has 0 saturated heterocycles. The van der Waals surface area contributed by atoms with Gasteiger partial charge in [0.05, 0.1) is 0 Å². The molecular formula is C11H9F2IN2O. The van der Waals surface area contributed by atoms with Crippen molar-refractivity contribution >= 4 is 22.6 Å². The third kappa shape index (κ3) is 3.15. The smallest absolute Gasteiger partial charge is 0.320 e. The minimum atomic E-state index is -2.59. The number of hydrogen-bond donors (Lipinski definition) is 0. The van der Waals surface area contributed by atoms with E-state index in [0.29, 0.717) is 5.75 Å². The second kappa shape index (κ2) is 5.44. The fourth-order valence-corrected chi connectivity index (χ4v) is 1.67. The average molecular weight is 350 g/mol. The maximum atomic E-state index is 12.5. The van der Waals surface area contributed by atoms with E-state index in [2.05, 4.69) is 27.6 Å². The molecule has 0 atom stereocenters. The van der Waals surface area contributed by atoms with E-state index in [1.807, 2.05) is 12.1 Å². The third-order valence-electron chi connectivity index (χ3n) is 2.14. The van der Waals surface area contributed by atoms with Crippen LogP contribution in [0, 0.1) is 3.57 Å². The molecule has 0 amide bonds. The minimum absolute atomic E-state index is 0.0257. The van der Waals surface area contributed by atoms with E-state index in [4.69, 9.17) is 4.74 Å². The normalized spacial score (nSPS) is 10.8. The lowest BCUT2D eigenvalue weighted by molar-refractivity contribution is 0.0632. The van der Waals surface area contributed by atoms with Crippen LogP contribution in [0.5, 0.6) is 5.75 Å². The first-order valence-corrected chi connectivity index (χ1v) is 5.93. The van der Waals surface area contributed by atoms with Crippen LogP contribution in [0.4, 0.5) is 8.78 Å². The predicted molar refractivity (Wildman–Crippen MR) is 67.0 cm³/mol. The third-order valence-corrected chi connectivity index (χ3v) is 2.86. The molecule has 2 rings (SSSR count). The molecule has 0 unspecified atom stereocenters. The summed E-state index contributed by atoms with van der Waals surface area (Å²) in [5.41, 5.74) is 0. The molecule has 0 aliphatic heterocycles. The number of ether oxygens (including phenoxy) is 1. The maximum absolute atomic E-state index is 12.5. The Balaban J connectivity index is 2.02. The number of alkyl halides is 2. The van der Waals surface area contributed by atoms with Gasteiger partial charge in [-0.15, -0.1) is 0 Å². The zero-order chi connectivity index (χ0) is 12.3. The second-order valence-corrected chi connectivity index (χ2v) is 4.52. The maximum Gasteiger partial charge on any atom is 0.320 e. The lowest BCUT2D eigenvalue weighted by atomic mass is 10.3. The summed E-state index contributed by atoms with van der Waals surface area (Å²) in [4.78, 5) is 3.83. The van der Waals surface area contributed by atoms with Gasteiger partial charge in [0.2, 0.25) is 0 Å². The van der Waals surface area contributed by atoms with Crippen LogP contribution in [-0.4, -0.2) is 9.55 Å². The number of halogens is 3. The zero-order valence-corrected chi connectivity index (χ0v) is 10.8. The topological polar surface area (TPSA) is 27.1 Å². The van der Waals surface area contributed by atoms with Crippen molar-refractivity contribution in [1.82, 2.24) is 9.55 Å². The standard InChI is InChI=1S/C11H9F2IN2O/c12-11(13)16-6-5-15-10(16)7-17-9-3-1-8(14)2-4-9/h1-6,11H,7H2. The first-order chi connectivity index (χ1) is 8.16. The van der Waals surface area contributed by atoms with Gasteiger partial charge in [0, 0.05) is 16.0 Å². The number of nitrogens with zero attached hydrogens (tertiary/aromatic N) is 2. The van der Waals surface area contributed by atoms with Crippen molar-refractivity contribution in [2.45, 2.75) is 13.2 Å². The molecule has 6 heteroatoms. The number of benzene rings is 1. The minimum Gasteiger partial charge on any atom is -0.486 e. The lowest BCUT2D eigenvalue weighted by Crippen LogP contribution is -2.07. The molecule has 0 N–H and O–H groups in total. The zero-order valence-electron chi connectivity index (χ0n) is 8.69. The number of hydrogen-bond acceptors (Lipinski definition) is 2. The average Bonchev–Trinajstić information content (AvgIpc) is 2.76. The Bertz CT molecular complexity index is 484. The highest BCUT2D eigenvalue weighted by atomic mass is 127. The summed E-state index contributed by atoms with van der Waals surface area (Å²) in [7, 11) is 0. The fraction of sp³-hybridized carbons (Fsp3) is 0.182. The van der Waals surface area contributed by atoms with Gasteiger partial charge < -0.3 is 4.74 Å². The highest BCUT2D eigenvalue weighted by Crippen LogP contribution is 2.17. The Morgan fingerprint density at radius 3 is 2.65 bits per heavy atom. The first-order valence-electron chi connectivity index (χ1n) is 4.85. The molecule has 90 valence electrons. The summed E-state index contributed by atoms with van der Waals surface area (Å²) < 4.78 is 32.3. The molecule has 17 heavy (non-hydrogen) atoms. The summed E-state index contributed by atoms with van der Waals surface area (Å²) in [6, 6.07) is 7.35. The van der Waals surface area contributed by atoms with Crippen LogP contribution in [0.1, 0.15) is 12.4 Å². The summed E-state index contributed by atoms with van der Waals surface area (Å²) >= 11 is 2.18. The van der Waals surface area contributed by atoms with E-state index in [0.717, 1.165) is 8.14 Å². The van der Waals surface area contributed by atoms with Crippen molar-refractivity contribution < 1.29 is 13.5 Å². The van der Waals surface area contributed by atoms with Crippen LogP contribution in [-0.2, 0) is 6.61 Å². The van der Waals surface area contributed by atoms with E-state index < -0.39 is 6.55 Å². The van der Waals surface area contributed by atoms with Gasteiger partial charge >= 0.3 is 6.55 Å². The first kappa shape index (κ1) is 12.3. The Morgan fingerprint density at radius 2 is 2.00 bits per heavy atom. The van der Waals surface area contributed by atoms with Gasteiger partial charge in [0.1, 0.15) is 12.4 Å². The van der Waals surface area contributed by atoms with Gasteiger partial charge in [-0.2, -0.15) is 8.78 Å². The summed E-state index contributed by atoms with van der Waals surface area (Å²) in [5, 5.41) is 0. The number of imidazole rings is 1. The van der Waals surface area contributed by atoms with Crippen LogP contribution in [0.15, 0.2) is 36.7 Å². The van der Waals surface area contributed by atoms with Gasteiger partial charge in [0.25, 0.3) is 0 Å². The molecule has 1 heterocycles. The predicted octanol–water partition coefficient (Wildman–Crippen LogP) is 3.46. The van der Waals surface area contributed by atoms with E-state index in [9.17, 15) is 8.78 Å². The van der Waals surface area contributed by atoms with Crippen molar-refractivity contribution in [3.8, 4) is 5.75 Å². The van der Waals surface area contributed by atoms with Crippen molar-refractivity contribution in [2.75, 3.05) is 0 Å². The number of rotatable bonds is 4. The van der Waals surface area contributed by atoms with Gasteiger partial charge in [-0.05, 0) is 46.9 Å². The second-order valence-electron chi connectivity index (χ2n) is 3.27. The van der Waals surface area contributed by atoms with Gasteiger partial charge in [0.15, 0.2) is 5.82 Å². The molecule has 0 spiro atoms. The molecule has 1 aromatic heterocycles. The van der Waals surface area contributed by atoms with Crippen molar-refractivity contribution in [1.29, 1.82) is 0 Å². The fourth-order valence-electron chi connectivity index (χ4n) is 1.31. The molecule has 3 nitrogen and oxygen atoms in total. The Kier molecular flexibility index (Phi) is 3.93. The van der Waals surface area contributed by atoms with E-state index in [-0.39, 0.29) is 12.4 Å². The Labute approximate surface area is 111 Å². The molecule has 0 radical (unpaired) electrons. The van der Waals surface area contributed by atoms with Crippen LogP contribution >= 0.6 is 22.6 Å². The van der Waals surface area contributed by atoms with Crippen LogP contribution in [0.3, 0.4) is 0 Å². The van der Waals surface area contributed by atoms with E-state index >= 15 is 0 Å². The van der Waals surface area contributed by atoms with Crippen molar-refractivity contribution in [3.05, 3.63) is 46.1 Å². The van der Waals surface area contributed by atoms with Gasteiger partial charge in [-0.25, -0.2) is 4.98 Å². The lowest BCUT2D eigenvalue weighted by Gasteiger charge is -2.08. The highest BCUT2D eigenvalue weighted by molar-refractivity contribution is 14.1. The molecule has 1 aromatic carbocycles. The Morgan fingerprint density at radius 1 is 1.29 bits per heavy atom. The SMILES string of the molecule is FC(F)n1ccnc1COc1ccc(I)cc1. The molecule has 0 aliphatic carbocycles. The summed E-state index contributed by atoms with van der Waals surface area (Å²) in [5.74, 6) is 0.841. The van der Waals surface area contributed by atoms with E-state index in [1.165, 1.54) is 12.4 Å². The molecule has 2 aromatic rings. The van der Waals surface area contributed by atoms with Gasteiger partial charge in [-0.3, -0.25) is 4.57 Å². The van der Waals surface area contributed by atoms with Crippen molar-refractivity contribution in [3.63, 3.8) is 0 Å².